The minimum Gasteiger partial charge on any atom is -0.478 e. The first kappa shape index (κ1) is 23.2. The Morgan fingerprint density at radius 2 is 1.70 bits per heavy atom. The van der Waals surface area contributed by atoms with Crippen molar-refractivity contribution in [3.63, 3.8) is 0 Å². The van der Waals surface area contributed by atoms with Crippen LogP contribution in [0.4, 0.5) is 4.39 Å². The molecule has 0 saturated heterocycles. The van der Waals surface area contributed by atoms with Gasteiger partial charge in [0, 0.05) is 9.75 Å². The lowest BCUT2D eigenvalue weighted by Gasteiger charge is -2.16. The largest absolute Gasteiger partial charge is 0.478 e. The van der Waals surface area contributed by atoms with Crippen LogP contribution in [0, 0.1) is 5.82 Å². The van der Waals surface area contributed by atoms with Gasteiger partial charge in [0.25, 0.3) is 5.91 Å². The van der Waals surface area contributed by atoms with E-state index in [0.717, 1.165) is 60.1 Å². The van der Waals surface area contributed by atoms with Crippen molar-refractivity contribution in [2.45, 2.75) is 57.9 Å². The number of carbonyl (C=O) groups is 2. The lowest BCUT2D eigenvalue weighted by molar-refractivity contribution is 0.0696. The summed E-state index contributed by atoms with van der Waals surface area (Å²) in [5.74, 6) is -1.28. The van der Waals surface area contributed by atoms with Crippen LogP contribution in [-0.2, 0) is 25.7 Å². The van der Waals surface area contributed by atoms with E-state index in [2.05, 4.69) is 5.32 Å². The van der Waals surface area contributed by atoms with Crippen LogP contribution < -0.4 is 5.32 Å². The molecule has 0 radical (unpaired) electrons. The summed E-state index contributed by atoms with van der Waals surface area (Å²) in [6.07, 6.45) is 6.86. The normalized spacial score (nSPS) is 14.2. The van der Waals surface area contributed by atoms with E-state index in [4.69, 9.17) is 5.11 Å². The molecule has 0 bridgehead atoms. The molecule has 4 nitrogen and oxygen atoms in total. The number of hydrogen-bond donors (Lipinski definition) is 2. The Morgan fingerprint density at radius 3 is 2.39 bits per heavy atom. The van der Waals surface area contributed by atoms with E-state index in [0.29, 0.717) is 0 Å². The lowest BCUT2D eigenvalue weighted by Crippen LogP contribution is -2.28. The van der Waals surface area contributed by atoms with Crippen molar-refractivity contribution < 1.29 is 19.1 Å². The van der Waals surface area contributed by atoms with Crippen molar-refractivity contribution >= 4 is 23.2 Å². The summed E-state index contributed by atoms with van der Waals surface area (Å²) in [6.45, 7) is 1.91. The number of aryl methyl sites for hydroxylation is 3. The van der Waals surface area contributed by atoms with Crippen molar-refractivity contribution in [3.05, 3.63) is 91.9 Å². The second kappa shape index (κ2) is 10.3. The number of fused-ring (bicyclic) bond motifs is 1. The second-order valence-electron chi connectivity index (χ2n) is 8.61. The van der Waals surface area contributed by atoms with Gasteiger partial charge in [-0.05, 0) is 86.4 Å². The maximum atomic E-state index is 13.5. The Bertz CT molecular complexity index is 1140. The zero-order chi connectivity index (χ0) is 23.4. The molecule has 33 heavy (non-hydrogen) atoms. The van der Waals surface area contributed by atoms with E-state index < -0.39 is 5.97 Å². The molecule has 0 aliphatic heterocycles. The molecule has 3 aromatic rings. The van der Waals surface area contributed by atoms with Crippen LogP contribution >= 0.6 is 11.3 Å². The fourth-order valence-electron chi connectivity index (χ4n) is 4.41. The van der Waals surface area contributed by atoms with Crippen LogP contribution in [0.3, 0.4) is 0 Å². The third kappa shape index (κ3) is 5.50. The summed E-state index contributed by atoms with van der Waals surface area (Å²) in [5, 5.41) is 12.2. The number of aromatic carboxylic acids is 1. The maximum absolute atomic E-state index is 13.5. The third-order valence-corrected chi connectivity index (χ3v) is 7.63. The van der Waals surface area contributed by atoms with Crippen molar-refractivity contribution in [1.82, 2.24) is 5.32 Å². The van der Waals surface area contributed by atoms with Gasteiger partial charge >= 0.3 is 5.97 Å². The first-order chi connectivity index (χ1) is 15.9. The highest BCUT2D eigenvalue weighted by Gasteiger charge is 2.25. The first-order valence-electron chi connectivity index (χ1n) is 11.4. The lowest BCUT2D eigenvalue weighted by atomic mass is 9.99. The van der Waals surface area contributed by atoms with Gasteiger partial charge in [-0.15, -0.1) is 11.3 Å². The summed E-state index contributed by atoms with van der Waals surface area (Å²) in [5.41, 5.74) is 4.15. The highest BCUT2D eigenvalue weighted by atomic mass is 32.1. The smallest absolute Gasteiger partial charge is 0.335 e. The summed E-state index contributed by atoms with van der Waals surface area (Å²) in [6, 6.07) is 12.9. The molecule has 6 heteroatoms. The number of amides is 1. The Morgan fingerprint density at radius 1 is 1.00 bits per heavy atom. The van der Waals surface area contributed by atoms with Crippen LogP contribution in [0.5, 0.6) is 0 Å². The number of carboxylic acids is 1. The van der Waals surface area contributed by atoms with Crippen LogP contribution in [0.25, 0.3) is 0 Å². The van der Waals surface area contributed by atoms with Crippen molar-refractivity contribution in [1.29, 1.82) is 0 Å². The molecule has 2 aromatic carbocycles. The SMILES string of the molecule is CC(NC(=O)c1c(CCc2ccc(F)cc2)sc2c1CCCCC2)c1ccc(C(=O)O)cc1. The van der Waals surface area contributed by atoms with E-state index in [1.807, 2.05) is 6.92 Å². The molecule has 2 N–H and O–H groups in total. The summed E-state index contributed by atoms with van der Waals surface area (Å²) in [4.78, 5) is 27.0. The fraction of sp³-hybridized carbons (Fsp3) is 0.333. The standard InChI is InChI=1S/C27H28FNO3S/c1-17(19-10-12-20(13-11-19)27(31)32)29-26(30)25-22-5-3-2-4-6-23(22)33-24(25)16-9-18-7-14-21(28)15-8-18/h7-8,10-15,17H,2-6,9,16H2,1H3,(H,29,30)(H,31,32). The van der Waals surface area contributed by atoms with Crippen LogP contribution in [0.1, 0.15) is 79.4 Å². The Balaban J connectivity index is 1.56. The minimum absolute atomic E-state index is 0.0710. The maximum Gasteiger partial charge on any atom is 0.335 e. The number of carboxylic acid groups (broad SMARTS) is 1. The van der Waals surface area contributed by atoms with E-state index in [1.54, 1.807) is 47.7 Å². The topological polar surface area (TPSA) is 66.4 Å². The fourth-order valence-corrected chi connectivity index (χ4v) is 5.81. The second-order valence-corrected chi connectivity index (χ2v) is 9.80. The summed E-state index contributed by atoms with van der Waals surface area (Å²) >= 11 is 1.75. The Kier molecular flexibility index (Phi) is 7.23. The monoisotopic (exact) mass is 465 g/mol. The number of thiophene rings is 1. The molecule has 1 aromatic heterocycles. The van der Waals surface area contributed by atoms with Gasteiger partial charge < -0.3 is 10.4 Å². The molecule has 1 heterocycles. The Labute approximate surface area is 197 Å². The van der Waals surface area contributed by atoms with E-state index in [1.165, 1.54) is 29.0 Å². The minimum atomic E-state index is -0.968. The third-order valence-electron chi connectivity index (χ3n) is 6.28. The zero-order valence-corrected chi connectivity index (χ0v) is 19.5. The molecule has 0 fully saturated rings. The number of halogens is 1. The van der Waals surface area contributed by atoms with Gasteiger partial charge in [-0.2, -0.15) is 0 Å². The highest BCUT2D eigenvalue weighted by Crippen LogP contribution is 2.35. The average molecular weight is 466 g/mol. The molecule has 0 spiro atoms. The van der Waals surface area contributed by atoms with Gasteiger partial charge in [-0.25, -0.2) is 9.18 Å². The number of rotatable bonds is 7. The molecular formula is C27H28FNO3S. The molecule has 0 saturated carbocycles. The van der Waals surface area contributed by atoms with Gasteiger partial charge in [0.05, 0.1) is 17.2 Å². The van der Waals surface area contributed by atoms with E-state index in [9.17, 15) is 14.0 Å². The predicted octanol–water partition coefficient (Wildman–Crippen LogP) is 6.13. The van der Waals surface area contributed by atoms with Gasteiger partial charge in [0.15, 0.2) is 0 Å². The molecular weight excluding hydrogens is 437 g/mol. The molecule has 1 unspecified atom stereocenters. The summed E-state index contributed by atoms with van der Waals surface area (Å²) in [7, 11) is 0. The number of hydrogen-bond acceptors (Lipinski definition) is 3. The van der Waals surface area contributed by atoms with Crippen LogP contribution in [0.2, 0.25) is 0 Å². The molecule has 4 rings (SSSR count). The first-order valence-corrected chi connectivity index (χ1v) is 12.3. The van der Waals surface area contributed by atoms with E-state index >= 15 is 0 Å². The molecule has 1 aliphatic rings. The quantitative estimate of drug-likeness (QED) is 0.413. The van der Waals surface area contributed by atoms with Crippen LogP contribution in [-0.4, -0.2) is 17.0 Å². The van der Waals surface area contributed by atoms with Gasteiger partial charge in [-0.1, -0.05) is 30.7 Å². The highest BCUT2D eigenvalue weighted by molar-refractivity contribution is 7.12. The average Bonchev–Trinajstić information content (AvgIpc) is 2.99. The number of benzene rings is 2. The molecule has 1 amide bonds. The number of nitrogens with one attached hydrogen (secondary N) is 1. The number of carbonyl (C=O) groups excluding carboxylic acids is 1. The van der Waals surface area contributed by atoms with Crippen molar-refractivity contribution in [2.24, 2.45) is 0 Å². The molecule has 1 atom stereocenters. The van der Waals surface area contributed by atoms with Crippen molar-refractivity contribution in [3.8, 4) is 0 Å². The van der Waals surface area contributed by atoms with Gasteiger partial charge in [0.1, 0.15) is 5.82 Å². The zero-order valence-electron chi connectivity index (χ0n) is 18.7. The van der Waals surface area contributed by atoms with E-state index in [-0.39, 0.29) is 23.3 Å². The van der Waals surface area contributed by atoms with Gasteiger partial charge in [-0.3, -0.25) is 4.79 Å². The molecule has 1 aliphatic carbocycles. The van der Waals surface area contributed by atoms with Crippen molar-refractivity contribution in [2.75, 3.05) is 0 Å². The van der Waals surface area contributed by atoms with Gasteiger partial charge in [0.2, 0.25) is 0 Å². The Hall–Kier alpha value is -2.99. The molecule has 172 valence electrons. The van der Waals surface area contributed by atoms with Crippen LogP contribution in [0.15, 0.2) is 48.5 Å². The summed E-state index contributed by atoms with van der Waals surface area (Å²) < 4.78 is 13.3. The predicted molar refractivity (Wildman–Crippen MR) is 129 cm³/mol.